The lowest BCUT2D eigenvalue weighted by molar-refractivity contribution is -0.132. The Morgan fingerprint density at radius 2 is 2.09 bits per heavy atom. The van der Waals surface area contributed by atoms with E-state index >= 15 is 0 Å². The van der Waals surface area contributed by atoms with E-state index in [2.05, 4.69) is 20.7 Å². The quantitative estimate of drug-likeness (QED) is 0.301. The van der Waals surface area contributed by atoms with Crippen LogP contribution in [0.3, 0.4) is 0 Å². The summed E-state index contributed by atoms with van der Waals surface area (Å²) in [6, 6.07) is 0. The van der Waals surface area contributed by atoms with Gasteiger partial charge in [0.05, 0.1) is 12.6 Å². The number of hydrogen-bond donors (Lipinski definition) is 2. The molecule has 0 aliphatic carbocycles. The SMILES string of the molecule is CCNC(=NCCCc1cnn(C)c1)NCCC(F)(F)F.I. The minimum atomic E-state index is -4.15. The normalized spacial score (nSPS) is 12.0. The van der Waals surface area contributed by atoms with Crippen molar-refractivity contribution >= 4 is 29.9 Å². The first kappa shape index (κ1) is 21.0. The zero-order chi connectivity index (χ0) is 15.7. The summed E-state index contributed by atoms with van der Waals surface area (Å²) in [5.74, 6) is 0.424. The van der Waals surface area contributed by atoms with E-state index in [0.29, 0.717) is 19.0 Å². The summed E-state index contributed by atoms with van der Waals surface area (Å²) in [5.41, 5.74) is 1.13. The molecule has 0 aliphatic heterocycles. The molecule has 0 amide bonds. The molecule has 9 heteroatoms. The number of halogens is 4. The van der Waals surface area contributed by atoms with Crippen molar-refractivity contribution in [3.63, 3.8) is 0 Å². The van der Waals surface area contributed by atoms with Crippen LogP contribution >= 0.6 is 24.0 Å². The number of aromatic nitrogens is 2. The molecule has 0 radical (unpaired) electrons. The van der Waals surface area contributed by atoms with Gasteiger partial charge in [0.15, 0.2) is 5.96 Å². The minimum absolute atomic E-state index is 0. The summed E-state index contributed by atoms with van der Waals surface area (Å²) in [4.78, 5) is 4.25. The lowest BCUT2D eigenvalue weighted by Crippen LogP contribution is -2.39. The van der Waals surface area contributed by atoms with Gasteiger partial charge in [0.1, 0.15) is 0 Å². The van der Waals surface area contributed by atoms with Crippen molar-refractivity contribution < 1.29 is 13.2 Å². The van der Waals surface area contributed by atoms with Crippen molar-refractivity contribution in [3.8, 4) is 0 Å². The van der Waals surface area contributed by atoms with E-state index in [1.165, 1.54) is 0 Å². The van der Waals surface area contributed by atoms with Gasteiger partial charge in [-0.05, 0) is 25.3 Å². The Balaban J connectivity index is 0.00000441. The van der Waals surface area contributed by atoms with Crippen LogP contribution in [0.1, 0.15) is 25.3 Å². The molecule has 1 aromatic heterocycles. The average Bonchev–Trinajstić information content (AvgIpc) is 2.79. The van der Waals surface area contributed by atoms with E-state index < -0.39 is 12.6 Å². The van der Waals surface area contributed by atoms with Crippen LogP contribution in [-0.2, 0) is 13.5 Å². The molecular weight excluding hydrogens is 410 g/mol. The van der Waals surface area contributed by atoms with Gasteiger partial charge in [-0.1, -0.05) is 0 Å². The van der Waals surface area contributed by atoms with Crippen molar-refractivity contribution in [2.45, 2.75) is 32.4 Å². The Kier molecular flexibility index (Phi) is 10.2. The number of hydrogen-bond acceptors (Lipinski definition) is 2. The predicted octanol–water partition coefficient (Wildman–Crippen LogP) is 2.48. The van der Waals surface area contributed by atoms with Gasteiger partial charge < -0.3 is 10.6 Å². The van der Waals surface area contributed by atoms with Crippen molar-refractivity contribution in [1.29, 1.82) is 0 Å². The van der Waals surface area contributed by atoms with Gasteiger partial charge in [-0.3, -0.25) is 9.67 Å². The Morgan fingerprint density at radius 1 is 1.36 bits per heavy atom. The summed E-state index contributed by atoms with van der Waals surface area (Å²) < 4.78 is 38.0. The number of aryl methyl sites for hydroxylation is 2. The molecule has 2 N–H and O–H groups in total. The largest absolute Gasteiger partial charge is 0.390 e. The number of aliphatic imine (C=N–C) groups is 1. The van der Waals surface area contributed by atoms with Crippen LogP contribution in [0.2, 0.25) is 0 Å². The molecule has 0 saturated heterocycles. The highest BCUT2D eigenvalue weighted by Gasteiger charge is 2.26. The number of nitrogens with one attached hydrogen (secondary N) is 2. The van der Waals surface area contributed by atoms with Gasteiger partial charge in [0.2, 0.25) is 0 Å². The van der Waals surface area contributed by atoms with E-state index in [0.717, 1.165) is 18.4 Å². The zero-order valence-electron chi connectivity index (χ0n) is 12.8. The lowest BCUT2D eigenvalue weighted by atomic mass is 10.2. The maximum absolute atomic E-state index is 12.1. The molecule has 1 aromatic rings. The predicted molar refractivity (Wildman–Crippen MR) is 91.6 cm³/mol. The second kappa shape index (κ2) is 10.7. The van der Waals surface area contributed by atoms with Gasteiger partial charge >= 0.3 is 6.18 Å². The molecule has 0 bridgehead atoms. The summed E-state index contributed by atoms with van der Waals surface area (Å²) in [7, 11) is 1.86. The molecule has 0 spiro atoms. The van der Waals surface area contributed by atoms with Crippen LogP contribution in [0.4, 0.5) is 13.2 Å². The van der Waals surface area contributed by atoms with Gasteiger partial charge in [0.25, 0.3) is 0 Å². The van der Waals surface area contributed by atoms with Crippen LogP contribution in [0.25, 0.3) is 0 Å². The summed E-state index contributed by atoms with van der Waals surface area (Å²) in [6.45, 7) is 2.87. The van der Waals surface area contributed by atoms with Crippen LogP contribution in [0, 0.1) is 0 Å². The highest BCUT2D eigenvalue weighted by molar-refractivity contribution is 14.0. The van der Waals surface area contributed by atoms with Gasteiger partial charge in [0, 0.05) is 32.9 Å². The van der Waals surface area contributed by atoms with E-state index in [1.54, 1.807) is 10.9 Å². The summed E-state index contributed by atoms with van der Waals surface area (Å²) >= 11 is 0. The first-order valence-electron chi connectivity index (χ1n) is 6.97. The third kappa shape index (κ3) is 9.85. The van der Waals surface area contributed by atoms with Crippen molar-refractivity contribution in [2.75, 3.05) is 19.6 Å². The van der Waals surface area contributed by atoms with E-state index in [9.17, 15) is 13.2 Å². The fourth-order valence-electron chi connectivity index (χ4n) is 1.74. The third-order valence-corrected chi connectivity index (χ3v) is 2.70. The second-order valence-corrected chi connectivity index (χ2v) is 4.68. The van der Waals surface area contributed by atoms with Crippen LogP contribution < -0.4 is 10.6 Å². The first-order valence-corrected chi connectivity index (χ1v) is 6.97. The maximum Gasteiger partial charge on any atom is 0.390 e. The molecule has 0 fully saturated rings. The fraction of sp³-hybridized carbons (Fsp3) is 0.692. The Hall–Kier alpha value is -1.00. The highest BCUT2D eigenvalue weighted by Crippen LogP contribution is 2.17. The van der Waals surface area contributed by atoms with Crippen molar-refractivity contribution in [2.24, 2.45) is 12.0 Å². The van der Waals surface area contributed by atoms with Crippen molar-refractivity contribution in [3.05, 3.63) is 18.0 Å². The van der Waals surface area contributed by atoms with E-state index in [4.69, 9.17) is 0 Å². The van der Waals surface area contributed by atoms with Crippen LogP contribution in [-0.4, -0.2) is 41.6 Å². The molecule has 5 nitrogen and oxygen atoms in total. The Bertz CT molecular complexity index is 445. The van der Waals surface area contributed by atoms with E-state index in [1.807, 2.05) is 20.2 Å². The zero-order valence-corrected chi connectivity index (χ0v) is 15.1. The first-order chi connectivity index (χ1) is 9.90. The molecule has 0 aliphatic rings. The number of nitrogens with zero attached hydrogens (tertiary/aromatic N) is 3. The standard InChI is InChI=1S/C13H22F3N5.HI/c1-3-17-12(19-8-6-13(14,15)16)18-7-4-5-11-9-20-21(2)10-11;/h9-10H,3-8H2,1-2H3,(H2,17,18,19);1H. The molecule has 0 saturated carbocycles. The number of alkyl halides is 3. The molecule has 0 atom stereocenters. The van der Waals surface area contributed by atoms with Gasteiger partial charge in [-0.15, -0.1) is 24.0 Å². The van der Waals surface area contributed by atoms with Crippen LogP contribution in [0.5, 0.6) is 0 Å². The van der Waals surface area contributed by atoms with Gasteiger partial charge in [-0.2, -0.15) is 18.3 Å². The monoisotopic (exact) mass is 433 g/mol. The fourth-order valence-corrected chi connectivity index (χ4v) is 1.74. The third-order valence-electron chi connectivity index (χ3n) is 2.70. The Labute approximate surface area is 145 Å². The molecule has 22 heavy (non-hydrogen) atoms. The Morgan fingerprint density at radius 3 is 2.64 bits per heavy atom. The molecule has 128 valence electrons. The molecule has 1 rings (SSSR count). The summed E-state index contributed by atoms with van der Waals surface area (Å²) in [6.07, 6.45) is 0.394. The highest BCUT2D eigenvalue weighted by atomic mass is 127. The van der Waals surface area contributed by atoms with Crippen molar-refractivity contribution in [1.82, 2.24) is 20.4 Å². The average molecular weight is 433 g/mol. The molecule has 0 aromatic carbocycles. The topological polar surface area (TPSA) is 54.2 Å². The summed E-state index contributed by atoms with van der Waals surface area (Å²) in [5, 5.41) is 9.68. The minimum Gasteiger partial charge on any atom is -0.357 e. The number of guanidine groups is 1. The van der Waals surface area contributed by atoms with Gasteiger partial charge in [-0.25, -0.2) is 0 Å². The maximum atomic E-state index is 12.1. The molecular formula is C13H23F3IN5. The molecule has 1 heterocycles. The van der Waals surface area contributed by atoms with Crippen LogP contribution in [0.15, 0.2) is 17.4 Å². The lowest BCUT2D eigenvalue weighted by Gasteiger charge is -2.12. The van der Waals surface area contributed by atoms with E-state index in [-0.39, 0.29) is 30.5 Å². The second-order valence-electron chi connectivity index (χ2n) is 4.68. The molecule has 0 unspecified atom stereocenters. The number of rotatable bonds is 7. The smallest absolute Gasteiger partial charge is 0.357 e.